The Kier molecular flexibility index (Phi) is 4.04. The second-order valence-corrected chi connectivity index (χ2v) is 4.60. The monoisotopic (exact) mass is 294 g/mol. The SMILES string of the molecule is COC(=O)c1csc(C(C#N)c2ccnc(Cl)n2)n1. The largest absolute Gasteiger partial charge is 0.464 e. The van der Waals surface area contributed by atoms with Crippen LogP contribution in [0, 0.1) is 11.3 Å². The predicted octanol–water partition coefficient (Wildman–Crippen LogP) is 2.03. The summed E-state index contributed by atoms with van der Waals surface area (Å²) in [7, 11) is 1.27. The summed E-state index contributed by atoms with van der Waals surface area (Å²) in [5.41, 5.74) is 0.608. The van der Waals surface area contributed by atoms with E-state index in [-0.39, 0.29) is 11.0 Å². The van der Waals surface area contributed by atoms with E-state index in [1.165, 1.54) is 30.0 Å². The number of nitrogens with zero attached hydrogens (tertiary/aromatic N) is 4. The van der Waals surface area contributed by atoms with Crippen LogP contribution in [0.2, 0.25) is 5.28 Å². The molecule has 0 saturated heterocycles. The second kappa shape index (κ2) is 5.73. The number of carbonyl (C=O) groups excluding carboxylic acids is 1. The Hall–Kier alpha value is -2.04. The average Bonchev–Trinajstić information content (AvgIpc) is 2.88. The quantitative estimate of drug-likeness (QED) is 0.635. The van der Waals surface area contributed by atoms with E-state index in [0.717, 1.165) is 0 Å². The number of hydrogen-bond acceptors (Lipinski definition) is 7. The van der Waals surface area contributed by atoms with Gasteiger partial charge in [-0.25, -0.2) is 19.7 Å². The third-order valence-electron chi connectivity index (χ3n) is 2.24. The lowest BCUT2D eigenvalue weighted by Gasteiger charge is -2.04. The van der Waals surface area contributed by atoms with Gasteiger partial charge in [0.25, 0.3) is 0 Å². The van der Waals surface area contributed by atoms with Crippen molar-refractivity contribution in [2.45, 2.75) is 5.92 Å². The molecule has 0 saturated carbocycles. The molecular formula is C11H7ClN4O2S. The first kappa shape index (κ1) is 13.4. The van der Waals surface area contributed by atoms with E-state index in [4.69, 9.17) is 11.6 Å². The molecule has 2 heterocycles. The molecule has 2 aromatic heterocycles. The van der Waals surface area contributed by atoms with Gasteiger partial charge < -0.3 is 4.74 Å². The van der Waals surface area contributed by atoms with Gasteiger partial charge in [-0.3, -0.25) is 0 Å². The summed E-state index contributed by atoms with van der Waals surface area (Å²) >= 11 is 6.88. The van der Waals surface area contributed by atoms with Crippen LogP contribution in [0.4, 0.5) is 0 Å². The van der Waals surface area contributed by atoms with Crippen LogP contribution in [0.25, 0.3) is 0 Å². The third-order valence-corrected chi connectivity index (χ3v) is 3.33. The molecule has 0 amide bonds. The molecule has 0 aliphatic rings. The van der Waals surface area contributed by atoms with Gasteiger partial charge in [-0.05, 0) is 17.7 Å². The van der Waals surface area contributed by atoms with Gasteiger partial charge in [0.05, 0.1) is 18.9 Å². The number of carbonyl (C=O) groups is 1. The third kappa shape index (κ3) is 2.86. The van der Waals surface area contributed by atoms with Gasteiger partial charge in [0, 0.05) is 11.6 Å². The number of halogens is 1. The Morgan fingerprint density at radius 1 is 1.58 bits per heavy atom. The molecule has 0 aliphatic carbocycles. The average molecular weight is 295 g/mol. The summed E-state index contributed by atoms with van der Waals surface area (Å²) in [4.78, 5) is 23.1. The number of rotatable bonds is 3. The minimum atomic E-state index is -0.691. The molecule has 0 aliphatic heterocycles. The minimum absolute atomic E-state index is 0.0579. The molecule has 0 N–H and O–H groups in total. The van der Waals surface area contributed by atoms with Gasteiger partial charge in [0.15, 0.2) is 5.69 Å². The Bertz CT molecular complexity index is 652. The molecule has 0 fully saturated rings. The zero-order chi connectivity index (χ0) is 13.8. The lowest BCUT2D eigenvalue weighted by atomic mass is 10.1. The zero-order valence-corrected chi connectivity index (χ0v) is 11.3. The van der Waals surface area contributed by atoms with Gasteiger partial charge >= 0.3 is 5.97 Å². The van der Waals surface area contributed by atoms with Gasteiger partial charge in [0.1, 0.15) is 10.9 Å². The van der Waals surface area contributed by atoms with Crippen molar-refractivity contribution in [1.82, 2.24) is 15.0 Å². The highest BCUT2D eigenvalue weighted by molar-refractivity contribution is 7.10. The molecule has 1 atom stereocenters. The molecule has 8 heteroatoms. The molecule has 6 nitrogen and oxygen atoms in total. The Morgan fingerprint density at radius 2 is 2.37 bits per heavy atom. The van der Waals surface area contributed by atoms with Crippen LogP contribution in [0.5, 0.6) is 0 Å². The molecule has 0 radical (unpaired) electrons. The Labute approximate surface area is 117 Å². The fourth-order valence-electron chi connectivity index (χ4n) is 1.37. The van der Waals surface area contributed by atoms with Crippen molar-refractivity contribution in [2.24, 2.45) is 0 Å². The van der Waals surface area contributed by atoms with Crippen molar-refractivity contribution in [3.63, 3.8) is 0 Å². The number of methoxy groups -OCH3 is 1. The first-order valence-electron chi connectivity index (χ1n) is 5.07. The predicted molar refractivity (Wildman–Crippen MR) is 68.0 cm³/mol. The first-order chi connectivity index (χ1) is 9.15. The molecule has 2 aromatic rings. The zero-order valence-electron chi connectivity index (χ0n) is 9.70. The van der Waals surface area contributed by atoms with Crippen molar-refractivity contribution >= 4 is 28.9 Å². The number of esters is 1. The molecule has 2 rings (SSSR count). The van der Waals surface area contributed by atoms with Crippen LogP contribution < -0.4 is 0 Å². The van der Waals surface area contributed by atoms with E-state index >= 15 is 0 Å². The van der Waals surface area contributed by atoms with E-state index in [0.29, 0.717) is 10.7 Å². The minimum Gasteiger partial charge on any atom is -0.464 e. The second-order valence-electron chi connectivity index (χ2n) is 3.38. The normalized spacial score (nSPS) is 11.6. The fourth-order valence-corrected chi connectivity index (χ4v) is 2.37. The first-order valence-corrected chi connectivity index (χ1v) is 6.33. The molecule has 1 unspecified atom stereocenters. The molecular weight excluding hydrogens is 288 g/mol. The maximum Gasteiger partial charge on any atom is 0.357 e. The molecule has 0 spiro atoms. The summed E-state index contributed by atoms with van der Waals surface area (Å²) in [5.74, 6) is -1.23. The summed E-state index contributed by atoms with van der Waals surface area (Å²) in [6.07, 6.45) is 1.46. The van der Waals surface area contributed by atoms with Crippen molar-refractivity contribution < 1.29 is 9.53 Å². The number of ether oxygens (including phenoxy) is 1. The van der Waals surface area contributed by atoms with Crippen LogP contribution in [0.3, 0.4) is 0 Å². The maximum absolute atomic E-state index is 11.3. The van der Waals surface area contributed by atoms with Crippen molar-refractivity contribution in [1.29, 1.82) is 5.26 Å². The van der Waals surface area contributed by atoms with E-state index in [9.17, 15) is 10.1 Å². The van der Waals surface area contributed by atoms with Crippen LogP contribution in [0.1, 0.15) is 27.1 Å². The van der Waals surface area contributed by atoms with Crippen LogP contribution in [0.15, 0.2) is 17.6 Å². The van der Waals surface area contributed by atoms with E-state index < -0.39 is 11.9 Å². The van der Waals surface area contributed by atoms with Gasteiger partial charge in [0.2, 0.25) is 5.28 Å². The van der Waals surface area contributed by atoms with Crippen molar-refractivity contribution in [3.05, 3.63) is 39.3 Å². The Balaban J connectivity index is 2.36. The molecule has 0 aromatic carbocycles. The summed E-state index contributed by atoms with van der Waals surface area (Å²) < 4.78 is 4.56. The Morgan fingerprint density at radius 3 is 3.00 bits per heavy atom. The number of hydrogen-bond donors (Lipinski definition) is 0. The standard InChI is InChI=1S/C11H7ClN4O2S/c1-18-10(17)8-5-19-9(15-8)6(4-13)7-2-3-14-11(12)16-7/h2-3,5-6H,1H3. The van der Waals surface area contributed by atoms with Crippen molar-refractivity contribution in [2.75, 3.05) is 7.11 Å². The van der Waals surface area contributed by atoms with Crippen LogP contribution in [-0.2, 0) is 4.74 Å². The fraction of sp³-hybridized carbons (Fsp3) is 0.182. The smallest absolute Gasteiger partial charge is 0.357 e. The highest BCUT2D eigenvalue weighted by Gasteiger charge is 2.21. The highest BCUT2D eigenvalue weighted by atomic mass is 35.5. The molecule has 0 bridgehead atoms. The summed E-state index contributed by atoms with van der Waals surface area (Å²) in [6, 6.07) is 3.66. The van der Waals surface area contributed by atoms with Crippen LogP contribution in [-0.4, -0.2) is 28.0 Å². The lowest BCUT2D eigenvalue weighted by molar-refractivity contribution is 0.0594. The summed E-state index contributed by atoms with van der Waals surface area (Å²) in [5, 5.41) is 11.3. The number of aromatic nitrogens is 3. The molecule has 96 valence electrons. The number of thiazole rings is 1. The van der Waals surface area contributed by atoms with Crippen LogP contribution >= 0.6 is 22.9 Å². The lowest BCUT2D eigenvalue weighted by Crippen LogP contribution is -2.05. The van der Waals surface area contributed by atoms with Gasteiger partial charge in [-0.1, -0.05) is 0 Å². The van der Waals surface area contributed by atoms with E-state index in [1.807, 2.05) is 0 Å². The van der Waals surface area contributed by atoms with Gasteiger partial charge in [-0.2, -0.15) is 5.26 Å². The highest BCUT2D eigenvalue weighted by Crippen LogP contribution is 2.26. The maximum atomic E-state index is 11.3. The summed E-state index contributed by atoms with van der Waals surface area (Å²) in [6.45, 7) is 0. The van der Waals surface area contributed by atoms with Crippen molar-refractivity contribution in [3.8, 4) is 6.07 Å². The topological polar surface area (TPSA) is 88.8 Å². The van der Waals surface area contributed by atoms with E-state index in [2.05, 4.69) is 25.8 Å². The van der Waals surface area contributed by atoms with E-state index in [1.54, 1.807) is 6.07 Å². The number of nitriles is 1. The molecule has 19 heavy (non-hydrogen) atoms. The van der Waals surface area contributed by atoms with Gasteiger partial charge in [-0.15, -0.1) is 11.3 Å².